The lowest BCUT2D eigenvalue weighted by atomic mass is 10.0. The number of nitrogens with one attached hydrogen (secondary N) is 1. The zero-order valence-electron chi connectivity index (χ0n) is 14.1. The van der Waals surface area contributed by atoms with Crippen LogP contribution in [0.3, 0.4) is 0 Å². The highest BCUT2D eigenvalue weighted by Crippen LogP contribution is 2.14. The molecular formula is C18H22Cl2N2O3. The summed E-state index contributed by atoms with van der Waals surface area (Å²) >= 11 is 11.0. The second-order valence-electron chi connectivity index (χ2n) is 6.25. The Morgan fingerprint density at radius 2 is 1.72 bits per heavy atom. The molecule has 1 aliphatic heterocycles. The molecule has 2 rings (SSSR count). The van der Waals surface area contributed by atoms with E-state index < -0.39 is 10.7 Å². The number of aryl methyl sites for hydroxylation is 1. The Labute approximate surface area is 157 Å². The number of amides is 2. The van der Waals surface area contributed by atoms with Crippen molar-refractivity contribution < 1.29 is 14.4 Å². The van der Waals surface area contributed by atoms with Crippen molar-refractivity contribution in [2.75, 3.05) is 13.1 Å². The summed E-state index contributed by atoms with van der Waals surface area (Å²) in [4.78, 5) is 36.5. The zero-order valence-corrected chi connectivity index (χ0v) is 15.6. The first-order valence-corrected chi connectivity index (χ1v) is 9.20. The maximum Gasteiger partial charge on any atom is 0.253 e. The summed E-state index contributed by atoms with van der Waals surface area (Å²) in [6.45, 7) is 3.07. The smallest absolute Gasteiger partial charge is 0.253 e. The number of Topliss-reactive ketones (excluding diaryl/α,β-unsaturated/α-hetero) is 1. The third kappa shape index (κ3) is 6.01. The largest absolute Gasteiger partial charge is 0.351 e. The van der Waals surface area contributed by atoms with Crippen molar-refractivity contribution in [1.82, 2.24) is 10.2 Å². The zero-order chi connectivity index (χ0) is 18.4. The van der Waals surface area contributed by atoms with Gasteiger partial charge in [-0.3, -0.25) is 14.4 Å². The molecule has 5 nitrogen and oxygen atoms in total. The average Bonchev–Trinajstić information content (AvgIpc) is 2.60. The Balaban J connectivity index is 1.74. The summed E-state index contributed by atoms with van der Waals surface area (Å²) in [5, 5.41) is 2.76. The van der Waals surface area contributed by atoms with Crippen LogP contribution in [-0.2, 0) is 9.59 Å². The molecule has 1 aromatic rings. The topological polar surface area (TPSA) is 66.5 Å². The first-order chi connectivity index (χ1) is 11.9. The predicted molar refractivity (Wildman–Crippen MR) is 98.0 cm³/mol. The van der Waals surface area contributed by atoms with Crippen molar-refractivity contribution in [3.8, 4) is 0 Å². The van der Waals surface area contributed by atoms with E-state index in [4.69, 9.17) is 23.2 Å². The van der Waals surface area contributed by atoms with E-state index in [9.17, 15) is 14.4 Å². The van der Waals surface area contributed by atoms with Gasteiger partial charge in [0.2, 0.25) is 5.91 Å². The molecule has 0 radical (unpaired) electrons. The molecule has 25 heavy (non-hydrogen) atoms. The van der Waals surface area contributed by atoms with E-state index in [1.165, 1.54) is 0 Å². The number of ketones is 1. The Bertz CT molecular complexity index is 624. The van der Waals surface area contributed by atoms with Crippen LogP contribution in [0.1, 0.15) is 41.6 Å². The van der Waals surface area contributed by atoms with Gasteiger partial charge in [0.15, 0.2) is 10.6 Å². The molecule has 0 atom stereocenters. The number of carbonyl (C=O) groups is 3. The molecule has 136 valence electrons. The number of likely N-dealkylation sites (tertiary alicyclic amines) is 1. The van der Waals surface area contributed by atoms with Gasteiger partial charge in [0.25, 0.3) is 5.91 Å². The fourth-order valence-corrected chi connectivity index (χ4v) is 2.93. The molecule has 0 saturated carbocycles. The molecule has 0 bridgehead atoms. The van der Waals surface area contributed by atoms with Gasteiger partial charge in [-0.05, 0) is 19.8 Å². The highest BCUT2D eigenvalue weighted by atomic mass is 35.5. The van der Waals surface area contributed by atoms with Crippen LogP contribution in [0.4, 0.5) is 0 Å². The van der Waals surface area contributed by atoms with Gasteiger partial charge in [-0.1, -0.05) is 53.0 Å². The maximum absolute atomic E-state index is 12.3. The van der Waals surface area contributed by atoms with E-state index in [1.54, 1.807) is 17.0 Å². The van der Waals surface area contributed by atoms with Crippen LogP contribution < -0.4 is 5.32 Å². The van der Waals surface area contributed by atoms with Gasteiger partial charge in [-0.2, -0.15) is 0 Å². The highest BCUT2D eigenvalue weighted by Gasteiger charge is 2.25. The van der Waals surface area contributed by atoms with E-state index in [1.807, 2.05) is 19.1 Å². The number of halogens is 2. The van der Waals surface area contributed by atoms with Crippen molar-refractivity contribution in [2.45, 2.75) is 43.5 Å². The first-order valence-electron chi connectivity index (χ1n) is 8.33. The fourth-order valence-electron chi connectivity index (χ4n) is 2.80. The van der Waals surface area contributed by atoms with Crippen LogP contribution in [0, 0.1) is 6.92 Å². The van der Waals surface area contributed by atoms with Gasteiger partial charge in [-0.15, -0.1) is 0 Å². The normalized spacial score (nSPS) is 15.3. The van der Waals surface area contributed by atoms with Gasteiger partial charge in [0.1, 0.15) is 0 Å². The van der Waals surface area contributed by atoms with E-state index >= 15 is 0 Å². The minimum absolute atomic E-state index is 0.0224. The van der Waals surface area contributed by atoms with E-state index in [0.29, 0.717) is 31.5 Å². The lowest BCUT2D eigenvalue weighted by Crippen LogP contribution is -2.47. The third-order valence-electron chi connectivity index (χ3n) is 4.33. The van der Waals surface area contributed by atoms with Crippen LogP contribution in [-0.4, -0.2) is 46.5 Å². The van der Waals surface area contributed by atoms with Crippen molar-refractivity contribution >= 4 is 40.8 Å². The van der Waals surface area contributed by atoms with Crippen LogP contribution in [0.25, 0.3) is 0 Å². The molecule has 1 saturated heterocycles. The second kappa shape index (κ2) is 9.20. The van der Waals surface area contributed by atoms with Gasteiger partial charge >= 0.3 is 0 Å². The van der Waals surface area contributed by atoms with E-state index in [0.717, 1.165) is 5.56 Å². The second-order valence-corrected chi connectivity index (χ2v) is 7.35. The Hall–Kier alpha value is -1.59. The average molecular weight is 385 g/mol. The molecule has 1 fully saturated rings. The number of carbonyl (C=O) groups excluding carboxylic acids is 3. The molecule has 2 amide bonds. The molecule has 0 spiro atoms. The number of nitrogens with zero attached hydrogens (tertiary/aromatic N) is 1. The number of hydrogen-bond donors (Lipinski definition) is 1. The van der Waals surface area contributed by atoms with Crippen LogP contribution in [0.2, 0.25) is 0 Å². The number of rotatable bonds is 6. The van der Waals surface area contributed by atoms with Crippen molar-refractivity contribution in [3.63, 3.8) is 0 Å². The molecule has 0 aromatic heterocycles. The lowest BCUT2D eigenvalue weighted by Gasteiger charge is -2.32. The van der Waals surface area contributed by atoms with Gasteiger partial charge in [0.05, 0.1) is 0 Å². The summed E-state index contributed by atoms with van der Waals surface area (Å²) in [5.74, 6) is -0.458. The SMILES string of the molecule is Cc1ccc(C(=O)CCC(=O)N2CCC(NC(=O)C(Cl)Cl)CC2)cc1. The molecule has 7 heteroatoms. The number of hydrogen-bond acceptors (Lipinski definition) is 3. The monoisotopic (exact) mass is 384 g/mol. The minimum atomic E-state index is -1.08. The van der Waals surface area contributed by atoms with Crippen molar-refractivity contribution in [3.05, 3.63) is 35.4 Å². The standard InChI is InChI=1S/C18H22Cl2N2O3/c1-12-2-4-13(5-3-12)15(23)6-7-16(24)22-10-8-14(9-11-22)21-18(25)17(19)20/h2-5,14,17H,6-11H2,1H3,(H,21,25). The Morgan fingerprint density at radius 3 is 2.28 bits per heavy atom. The number of piperidine rings is 1. The highest BCUT2D eigenvalue weighted by molar-refractivity contribution is 6.53. The van der Waals surface area contributed by atoms with Crippen molar-refractivity contribution in [1.29, 1.82) is 0 Å². The molecule has 1 heterocycles. The van der Waals surface area contributed by atoms with Gasteiger partial charge in [-0.25, -0.2) is 0 Å². The molecule has 1 N–H and O–H groups in total. The van der Waals surface area contributed by atoms with Gasteiger partial charge < -0.3 is 10.2 Å². The number of benzene rings is 1. The lowest BCUT2D eigenvalue weighted by molar-refractivity contribution is -0.132. The molecular weight excluding hydrogens is 363 g/mol. The summed E-state index contributed by atoms with van der Waals surface area (Å²) in [7, 11) is 0. The minimum Gasteiger partial charge on any atom is -0.351 e. The van der Waals surface area contributed by atoms with E-state index in [2.05, 4.69) is 5.32 Å². The van der Waals surface area contributed by atoms with Crippen LogP contribution >= 0.6 is 23.2 Å². The van der Waals surface area contributed by atoms with Crippen LogP contribution in [0.5, 0.6) is 0 Å². The number of alkyl halides is 2. The molecule has 1 aliphatic rings. The van der Waals surface area contributed by atoms with E-state index in [-0.39, 0.29) is 30.6 Å². The summed E-state index contributed by atoms with van der Waals surface area (Å²) < 4.78 is 0. The summed E-state index contributed by atoms with van der Waals surface area (Å²) in [6, 6.07) is 7.33. The summed E-state index contributed by atoms with van der Waals surface area (Å²) in [5.41, 5.74) is 1.73. The maximum atomic E-state index is 12.3. The Morgan fingerprint density at radius 1 is 1.12 bits per heavy atom. The summed E-state index contributed by atoms with van der Waals surface area (Å²) in [6.07, 6.45) is 1.72. The van der Waals surface area contributed by atoms with Crippen molar-refractivity contribution in [2.24, 2.45) is 0 Å². The predicted octanol–water partition coefficient (Wildman–Crippen LogP) is 2.87. The van der Waals surface area contributed by atoms with Gasteiger partial charge in [0, 0.05) is 37.5 Å². The molecule has 0 aliphatic carbocycles. The fraction of sp³-hybridized carbons (Fsp3) is 0.500. The molecule has 1 aromatic carbocycles. The Kier molecular flexibility index (Phi) is 7.26. The third-order valence-corrected chi connectivity index (χ3v) is 4.73. The first kappa shape index (κ1) is 19.7. The van der Waals surface area contributed by atoms with Crippen LogP contribution in [0.15, 0.2) is 24.3 Å². The quantitative estimate of drug-likeness (QED) is 0.605. The molecule has 0 unspecified atom stereocenters.